The molecule has 11 heavy (non-hydrogen) atoms. The summed E-state index contributed by atoms with van der Waals surface area (Å²) in [4.78, 5) is 0. The lowest BCUT2D eigenvalue weighted by Gasteiger charge is -2.03. The van der Waals surface area contributed by atoms with Gasteiger partial charge in [-0.25, -0.2) is 0 Å². The van der Waals surface area contributed by atoms with Gasteiger partial charge >= 0.3 is 0 Å². The molecule has 1 aromatic rings. The lowest BCUT2D eigenvalue weighted by atomic mass is 10.0. The fourth-order valence-electron chi connectivity index (χ4n) is 1.55. The van der Waals surface area contributed by atoms with E-state index >= 15 is 0 Å². The SMILES string of the molecule is Cc1cc(N)ccc1C1CC1. The zero-order valence-corrected chi connectivity index (χ0v) is 6.80. The molecule has 2 N–H and O–H groups in total. The van der Waals surface area contributed by atoms with Gasteiger partial charge in [0.1, 0.15) is 0 Å². The Bertz CT molecular complexity index is 274. The smallest absolute Gasteiger partial charge is 0.0316 e. The number of benzene rings is 1. The normalized spacial score (nSPS) is 16.8. The molecule has 58 valence electrons. The van der Waals surface area contributed by atoms with Crippen molar-refractivity contribution in [3.8, 4) is 0 Å². The standard InChI is InChI=1S/C10H13N/c1-7-6-9(11)4-5-10(7)8-2-3-8/h4-6,8H,2-3,11H2,1H3. The summed E-state index contributed by atoms with van der Waals surface area (Å²) in [5, 5.41) is 0. The molecule has 0 heterocycles. The largest absolute Gasteiger partial charge is 0.399 e. The lowest BCUT2D eigenvalue weighted by Crippen LogP contribution is -1.89. The Labute approximate surface area is 67.2 Å². The highest BCUT2D eigenvalue weighted by Crippen LogP contribution is 2.41. The molecule has 0 aliphatic heterocycles. The zero-order chi connectivity index (χ0) is 7.84. The highest BCUT2D eigenvalue weighted by Gasteiger charge is 2.24. The van der Waals surface area contributed by atoms with Gasteiger partial charge in [-0.2, -0.15) is 0 Å². The number of nitrogens with two attached hydrogens (primary N) is 1. The second kappa shape index (κ2) is 2.26. The molecule has 0 amide bonds. The lowest BCUT2D eigenvalue weighted by molar-refractivity contribution is 1.10. The summed E-state index contributed by atoms with van der Waals surface area (Å²) in [6.45, 7) is 2.14. The first kappa shape index (κ1) is 6.71. The molecule has 1 heteroatoms. The Balaban J connectivity index is 2.39. The zero-order valence-electron chi connectivity index (χ0n) is 6.80. The van der Waals surface area contributed by atoms with E-state index in [1.165, 1.54) is 24.0 Å². The third-order valence-corrected chi connectivity index (χ3v) is 2.31. The Morgan fingerprint density at radius 1 is 1.36 bits per heavy atom. The van der Waals surface area contributed by atoms with E-state index in [4.69, 9.17) is 5.73 Å². The van der Waals surface area contributed by atoms with E-state index < -0.39 is 0 Å². The van der Waals surface area contributed by atoms with Crippen LogP contribution in [0.15, 0.2) is 18.2 Å². The highest BCUT2D eigenvalue weighted by molar-refractivity contribution is 5.46. The first-order valence-electron chi connectivity index (χ1n) is 4.13. The monoisotopic (exact) mass is 147 g/mol. The summed E-state index contributed by atoms with van der Waals surface area (Å²) < 4.78 is 0. The van der Waals surface area contributed by atoms with Gasteiger partial charge in [-0.1, -0.05) is 6.07 Å². The molecule has 0 aromatic heterocycles. The van der Waals surface area contributed by atoms with Crippen LogP contribution in [0.5, 0.6) is 0 Å². The minimum atomic E-state index is 0.843. The van der Waals surface area contributed by atoms with Crippen molar-refractivity contribution >= 4 is 5.69 Å². The first-order valence-corrected chi connectivity index (χ1v) is 4.13. The number of nitrogen functional groups attached to an aromatic ring is 1. The summed E-state index contributed by atoms with van der Waals surface area (Å²) in [5.41, 5.74) is 9.38. The molecule has 1 saturated carbocycles. The molecule has 0 radical (unpaired) electrons. The number of aryl methyl sites for hydroxylation is 1. The van der Waals surface area contributed by atoms with Crippen LogP contribution in [0.2, 0.25) is 0 Å². The fraction of sp³-hybridized carbons (Fsp3) is 0.400. The van der Waals surface area contributed by atoms with E-state index in [0.717, 1.165) is 11.6 Å². The second-order valence-electron chi connectivity index (χ2n) is 3.39. The van der Waals surface area contributed by atoms with E-state index in [2.05, 4.69) is 19.1 Å². The van der Waals surface area contributed by atoms with E-state index in [9.17, 15) is 0 Å². The number of hydrogen-bond acceptors (Lipinski definition) is 1. The fourth-order valence-corrected chi connectivity index (χ4v) is 1.55. The summed E-state index contributed by atoms with van der Waals surface area (Å²) >= 11 is 0. The Morgan fingerprint density at radius 3 is 2.64 bits per heavy atom. The van der Waals surface area contributed by atoms with Gasteiger partial charge < -0.3 is 5.73 Å². The van der Waals surface area contributed by atoms with Crippen LogP contribution in [0.3, 0.4) is 0 Å². The predicted octanol–water partition coefficient (Wildman–Crippen LogP) is 2.45. The van der Waals surface area contributed by atoms with E-state index in [-0.39, 0.29) is 0 Å². The van der Waals surface area contributed by atoms with Crippen molar-refractivity contribution in [3.05, 3.63) is 29.3 Å². The molecular weight excluding hydrogens is 134 g/mol. The van der Waals surface area contributed by atoms with Crippen LogP contribution in [0.1, 0.15) is 29.9 Å². The third kappa shape index (κ3) is 1.23. The maximum Gasteiger partial charge on any atom is 0.0316 e. The summed E-state index contributed by atoms with van der Waals surface area (Å²) in [7, 11) is 0. The number of rotatable bonds is 1. The molecule has 2 rings (SSSR count). The van der Waals surface area contributed by atoms with Gasteiger partial charge in [0.2, 0.25) is 0 Å². The van der Waals surface area contributed by atoms with Crippen molar-refractivity contribution in [3.63, 3.8) is 0 Å². The van der Waals surface area contributed by atoms with Crippen molar-refractivity contribution < 1.29 is 0 Å². The second-order valence-corrected chi connectivity index (χ2v) is 3.39. The van der Waals surface area contributed by atoms with Crippen LogP contribution in [-0.4, -0.2) is 0 Å². The predicted molar refractivity (Wildman–Crippen MR) is 47.6 cm³/mol. The molecule has 1 aliphatic carbocycles. The summed E-state index contributed by atoms with van der Waals surface area (Å²) in [6, 6.07) is 6.23. The van der Waals surface area contributed by atoms with Crippen LogP contribution in [0.25, 0.3) is 0 Å². The van der Waals surface area contributed by atoms with E-state index in [1.807, 2.05) is 6.07 Å². The maximum atomic E-state index is 5.65. The van der Waals surface area contributed by atoms with Gasteiger partial charge in [0.25, 0.3) is 0 Å². The molecule has 0 saturated heterocycles. The van der Waals surface area contributed by atoms with Crippen LogP contribution in [0.4, 0.5) is 5.69 Å². The van der Waals surface area contributed by atoms with Crippen LogP contribution >= 0.6 is 0 Å². The van der Waals surface area contributed by atoms with Crippen LogP contribution in [0, 0.1) is 6.92 Å². The van der Waals surface area contributed by atoms with Crippen molar-refractivity contribution in [1.29, 1.82) is 0 Å². The average Bonchev–Trinajstić information content (AvgIpc) is 2.70. The van der Waals surface area contributed by atoms with Crippen LogP contribution in [-0.2, 0) is 0 Å². The molecule has 1 nitrogen and oxygen atoms in total. The van der Waals surface area contributed by atoms with Crippen molar-refractivity contribution in [1.82, 2.24) is 0 Å². The quantitative estimate of drug-likeness (QED) is 0.607. The molecule has 0 spiro atoms. The van der Waals surface area contributed by atoms with Crippen molar-refractivity contribution in [2.24, 2.45) is 0 Å². The van der Waals surface area contributed by atoms with Crippen molar-refractivity contribution in [2.45, 2.75) is 25.7 Å². The topological polar surface area (TPSA) is 26.0 Å². The Kier molecular flexibility index (Phi) is 1.38. The maximum absolute atomic E-state index is 5.65. The van der Waals surface area contributed by atoms with E-state index in [1.54, 1.807) is 0 Å². The molecular formula is C10H13N. The van der Waals surface area contributed by atoms with E-state index in [0.29, 0.717) is 0 Å². The van der Waals surface area contributed by atoms with Gasteiger partial charge in [0.15, 0.2) is 0 Å². The first-order chi connectivity index (χ1) is 5.27. The molecule has 1 aromatic carbocycles. The molecule has 0 bridgehead atoms. The highest BCUT2D eigenvalue weighted by atomic mass is 14.5. The summed E-state index contributed by atoms with van der Waals surface area (Å²) in [6.07, 6.45) is 2.73. The van der Waals surface area contributed by atoms with Gasteiger partial charge in [0, 0.05) is 5.69 Å². The Hall–Kier alpha value is -0.980. The molecule has 0 atom stereocenters. The van der Waals surface area contributed by atoms with Gasteiger partial charge in [-0.05, 0) is 48.9 Å². The van der Waals surface area contributed by atoms with Crippen molar-refractivity contribution in [2.75, 3.05) is 5.73 Å². The molecule has 0 unspecified atom stereocenters. The van der Waals surface area contributed by atoms with Gasteiger partial charge in [0.05, 0.1) is 0 Å². The third-order valence-electron chi connectivity index (χ3n) is 2.31. The van der Waals surface area contributed by atoms with Gasteiger partial charge in [-0.15, -0.1) is 0 Å². The minimum Gasteiger partial charge on any atom is -0.399 e. The number of hydrogen-bond donors (Lipinski definition) is 1. The van der Waals surface area contributed by atoms with Crippen LogP contribution < -0.4 is 5.73 Å². The average molecular weight is 147 g/mol. The Morgan fingerprint density at radius 2 is 2.09 bits per heavy atom. The summed E-state index contributed by atoms with van der Waals surface area (Å²) in [5.74, 6) is 0.843. The molecule has 1 fully saturated rings. The molecule has 1 aliphatic rings. The number of anilines is 1. The van der Waals surface area contributed by atoms with Gasteiger partial charge in [-0.3, -0.25) is 0 Å². The minimum absolute atomic E-state index is 0.843.